The maximum absolute atomic E-state index is 13.3. The van der Waals surface area contributed by atoms with Gasteiger partial charge in [0.2, 0.25) is 15.0 Å². The van der Waals surface area contributed by atoms with Crippen LogP contribution in [0.4, 0.5) is 10.1 Å². The van der Waals surface area contributed by atoms with Crippen molar-refractivity contribution >= 4 is 33.0 Å². The molecule has 4 rings (SSSR count). The molecule has 0 radical (unpaired) electrons. The van der Waals surface area contributed by atoms with Crippen LogP contribution in [0.25, 0.3) is 0 Å². The number of hydrogen-bond donors (Lipinski definition) is 1. The molecule has 1 saturated heterocycles. The van der Waals surface area contributed by atoms with Crippen LogP contribution in [0, 0.1) is 5.82 Å². The molecule has 3 aromatic rings. The molecule has 1 amide bonds. The number of carbonyl (C=O) groups excluding carboxylic acids is 1. The minimum atomic E-state index is -3.46. The van der Waals surface area contributed by atoms with Crippen molar-refractivity contribution in [3.8, 4) is 0 Å². The van der Waals surface area contributed by atoms with Crippen LogP contribution >= 0.6 is 11.3 Å². The van der Waals surface area contributed by atoms with Gasteiger partial charge in [-0.3, -0.25) is 4.79 Å². The fraction of sp³-hybridized carbons (Fsp3) is 0.286. The highest BCUT2D eigenvalue weighted by atomic mass is 32.2. The number of rotatable bonds is 6. The van der Waals surface area contributed by atoms with Crippen molar-refractivity contribution in [3.63, 3.8) is 0 Å². The molecule has 1 aliphatic rings. The second kappa shape index (κ2) is 9.21. The summed E-state index contributed by atoms with van der Waals surface area (Å²) in [7, 11) is -3.46. The van der Waals surface area contributed by atoms with E-state index in [1.165, 1.54) is 22.5 Å². The van der Waals surface area contributed by atoms with Crippen molar-refractivity contribution < 1.29 is 17.6 Å². The Hall–Kier alpha value is -2.69. The number of aromatic nitrogens is 2. The Balaban J connectivity index is 1.43. The Morgan fingerprint density at radius 1 is 1.16 bits per heavy atom. The van der Waals surface area contributed by atoms with Crippen LogP contribution in [-0.2, 0) is 15.8 Å². The average Bonchev–Trinajstić information content (AvgIpc) is 3.25. The van der Waals surface area contributed by atoms with Crippen LogP contribution in [0.15, 0.2) is 54.6 Å². The normalized spacial score (nSPS) is 17.4. The molecule has 31 heavy (non-hydrogen) atoms. The first-order valence-corrected chi connectivity index (χ1v) is 12.3. The summed E-state index contributed by atoms with van der Waals surface area (Å²) < 4.78 is 40.6. The molecule has 7 nitrogen and oxygen atoms in total. The van der Waals surface area contributed by atoms with E-state index in [9.17, 15) is 17.6 Å². The lowest BCUT2D eigenvalue weighted by atomic mass is 10.0. The molecule has 1 unspecified atom stereocenters. The van der Waals surface area contributed by atoms with E-state index in [1.807, 2.05) is 18.2 Å². The Kier molecular flexibility index (Phi) is 6.40. The van der Waals surface area contributed by atoms with Crippen LogP contribution in [-0.4, -0.2) is 41.9 Å². The number of benzene rings is 2. The molecule has 2 aromatic carbocycles. The highest BCUT2D eigenvalue weighted by Crippen LogP contribution is 2.31. The Morgan fingerprint density at radius 3 is 2.74 bits per heavy atom. The number of piperidine rings is 1. The molecule has 10 heteroatoms. The van der Waals surface area contributed by atoms with Gasteiger partial charge in [-0.2, -0.15) is 0 Å². The van der Waals surface area contributed by atoms with Crippen LogP contribution in [0.1, 0.15) is 39.1 Å². The number of carbonyl (C=O) groups is 1. The minimum absolute atomic E-state index is 0.0437. The van der Waals surface area contributed by atoms with E-state index >= 15 is 0 Å². The predicted octanol–water partition coefficient (Wildman–Crippen LogP) is 3.64. The van der Waals surface area contributed by atoms with E-state index in [-0.39, 0.29) is 16.7 Å². The maximum Gasteiger partial charge on any atom is 0.286 e. The molecule has 162 valence electrons. The second-order valence-corrected chi connectivity index (χ2v) is 10.3. The van der Waals surface area contributed by atoms with Crippen LogP contribution in [0.3, 0.4) is 0 Å². The zero-order valence-electron chi connectivity index (χ0n) is 16.6. The smallest absolute Gasteiger partial charge is 0.286 e. The highest BCUT2D eigenvalue weighted by molar-refractivity contribution is 7.88. The lowest BCUT2D eigenvalue weighted by molar-refractivity contribution is 0.102. The average molecular weight is 461 g/mol. The number of halogens is 1. The van der Waals surface area contributed by atoms with Crippen molar-refractivity contribution in [1.82, 2.24) is 14.5 Å². The van der Waals surface area contributed by atoms with Crippen molar-refractivity contribution in [2.24, 2.45) is 0 Å². The third-order valence-electron chi connectivity index (χ3n) is 5.04. The molecule has 0 aliphatic carbocycles. The van der Waals surface area contributed by atoms with Gasteiger partial charge >= 0.3 is 0 Å². The van der Waals surface area contributed by atoms with E-state index in [4.69, 9.17) is 0 Å². The van der Waals surface area contributed by atoms with Gasteiger partial charge in [0.25, 0.3) is 5.91 Å². The molecule has 1 atom stereocenters. The van der Waals surface area contributed by atoms with Crippen LogP contribution < -0.4 is 5.32 Å². The van der Waals surface area contributed by atoms with Gasteiger partial charge in [-0.05, 0) is 36.6 Å². The van der Waals surface area contributed by atoms with E-state index in [2.05, 4.69) is 15.5 Å². The van der Waals surface area contributed by atoms with Crippen molar-refractivity contribution in [2.45, 2.75) is 24.5 Å². The number of hydrogen-bond acceptors (Lipinski definition) is 6. The van der Waals surface area contributed by atoms with E-state index < -0.39 is 21.7 Å². The highest BCUT2D eigenvalue weighted by Gasteiger charge is 2.32. The first-order valence-electron chi connectivity index (χ1n) is 9.83. The summed E-state index contributed by atoms with van der Waals surface area (Å²) in [6.45, 7) is 0.784. The van der Waals surface area contributed by atoms with E-state index in [0.29, 0.717) is 30.2 Å². The van der Waals surface area contributed by atoms with Crippen LogP contribution in [0.5, 0.6) is 0 Å². The second-order valence-electron chi connectivity index (χ2n) is 7.35. The molecular weight excluding hydrogens is 439 g/mol. The van der Waals surface area contributed by atoms with E-state index in [0.717, 1.165) is 23.3 Å². The summed E-state index contributed by atoms with van der Waals surface area (Å²) in [4.78, 5) is 12.4. The number of nitrogens with one attached hydrogen (secondary N) is 1. The first kappa shape index (κ1) is 21.5. The van der Waals surface area contributed by atoms with Crippen molar-refractivity contribution in [2.75, 3.05) is 18.4 Å². The largest absolute Gasteiger partial charge is 0.320 e. The first-order chi connectivity index (χ1) is 14.9. The Morgan fingerprint density at radius 2 is 1.97 bits per heavy atom. The van der Waals surface area contributed by atoms with Gasteiger partial charge < -0.3 is 5.32 Å². The molecule has 2 heterocycles. The molecule has 1 aromatic heterocycles. The quantitative estimate of drug-likeness (QED) is 0.606. The zero-order chi connectivity index (χ0) is 21.8. The number of amides is 1. The summed E-state index contributed by atoms with van der Waals surface area (Å²) >= 11 is 1.14. The van der Waals surface area contributed by atoms with Gasteiger partial charge in [0.05, 0.1) is 5.75 Å². The molecule has 1 fully saturated rings. The number of sulfonamides is 1. The third-order valence-corrected chi connectivity index (χ3v) is 7.94. The summed E-state index contributed by atoms with van der Waals surface area (Å²) in [5.74, 6) is -1.08. The van der Waals surface area contributed by atoms with Gasteiger partial charge in [-0.25, -0.2) is 17.1 Å². The summed E-state index contributed by atoms with van der Waals surface area (Å²) in [6.07, 6.45) is 1.49. The number of anilines is 1. The fourth-order valence-corrected chi connectivity index (χ4v) is 5.99. The molecule has 1 aliphatic heterocycles. The molecule has 0 bridgehead atoms. The van der Waals surface area contributed by atoms with Gasteiger partial charge in [-0.1, -0.05) is 47.7 Å². The SMILES string of the molecule is O=C(Nc1cccc(F)c1)c1nnc(C2CCCN(S(=O)(=O)Cc3ccccc3)C2)s1. The number of nitrogens with zero attached hydrogens (tertiary/aromatic N) is 3. The van der Waals surface area contributed by atoms with Gasteiger partial charge in [0.1, 0.15) is 10.8 Å². The monoisotopic (exact) mass is 460 g/mol. The molecule has 0 saturated carbocycles. The Bertz CT molecular complexity index is 1170. The molecule has 0 spiro atoms. The van der Waals surface area contributed by atoms with Crippen molar-refractivity contribution in [3.05, 3.63) is 76.0 Å². The van der Waals surface area contributed by atoms with E-state index in [1.54, 1.807) is 18.2 Å². The van der Waals surface area contributed by atoms with Crippen LogP contribution in [0.2, 0.25) is 0 Å². The standard InChI is InChI=1S/C21H21FN4O3S2/c22-17-9-4-10-18(12-17)23-19(27)21-25-24-20(30-21)16-8-5-11-26(13-16)31(28,29)14-15-6-2-1-3-7-15/h1-4,6-7,9-10,12,16H,5,8,11,13-14H2,(H,23,27). The predicted molar refractivity (Wildman–Crippen MR) is 117 cm³/mol. The van der Waals surface area contributed by atoms with Gasteiger partial charge in [0, 0.05) is 24.7 Å². The van der Waals surface area contributed by atoms with Crippen molar-refractivity contribution in [1.29, 1.82) is 0 Å². The lowest BCUT2D eigenvalue weighted by Gasteiger charge is -2.30. The summed E-state index contributed by atoms with van der Waals surface area (Å²) in [5.41, 5.74) is 1.08. The maximum atomic E-state index is 13.3. The topological polar surface area (TPSA) is 92.3 Å². The summed E-state index contributed by atoms with van der Waals surface area (Å²) in [6, 6.07) is 14.7. The van der Waals surface area contributed by atoms with Gasteiger partial charge in [-0.15, -0.1) is 10.2 Å². The minimum Gasteiger partial charge on any atom is -0.320 e. The molecule has 1 N–H and O–H groups in total. The zero-order valence-corrected chi connectivity index (χ0v) is 18.2. The molecular formula is C21H21FN4O3S2. The Labute approximate surface area is 184 Å². The van der Waals surface area contributed by atoms with Gasteiger partial charge in [0.15, 0.2) is 0 Å². The lowest BCUT2D eigenvalue weighted by Crippen LogP contribution is -2.39. The summed E-state index contributed by atoms with van der Waals surface area (Å²) in [5, 5.41) is 11.5. The third kappa shape index (κ3) is 5.33. The fourth-order valence-electron chi connectivity index (χ4n) is 3.51.